The lowest BCUT2D eigenvalue weighted by molar-refractivity contribution is 0.0758. The van der Waals surface area contributed by atoms with Gasteiger partial charge in [-0.2, -0.15) is 0 Å². The first-order valence-electron chi connectivity index (χ1n) is 11.0. The summed E-state index contributed by atoms with van der Waals surface area (Å²) in [4.78, 5) is 19.1. The number of hydrogen-bond donors (Lipinski definition) is 0. The first-order valence-corrected chi connectivity index (χ1v) is 12.7. The molecule has 0 saturated carbocycles. The Balaban J connectivity index is 1.91. The van der Waals surface area contributed by atoms with E-state index in [9.17, 15) is 13.2 Å². The molecule has 0 aliphatic carbocycles. The highest BCUT2D eigenvalue weighted by Crippen LogP contribution is 2.24. The van der Waals surface area contributed by atoms with E-state index in [1.54, 1.807) is 53.1 Å². The summed E-state index contributed by atoms with van der Waals surface area (Å²) in [6, 6.07) is 14.1. The monoisotopic (exact) mass is 481 g/mol. The standard InChI is InChI=1S/C26H31N3O4S/c1-6-15-28(25(30)22-11-13-24(33-5)14-12-22)17-23-16-27-26(29(23)19(2)3)34(31,32)18-21-9-7-20(4)8-10-21/h6-14,16,19H,1,15,17-18H2,2-5H3. The number of carbonyl (C=O) groups is 1. The third-order valence-corrected chi connectivity index (χ3v) is 7.01. The Morgan fingerprint density at radius 2 is 1.79 bits per heavy atom. The minimum atomic E-state index is -3.69. The van der Waals surface area contributed by atoms with E-state index in [4.69, 9.17) is 4.74 Å². The molecular weight excluding hydrogens is 450 g/mol. The zero-order valence-corrected chi connectivity index (χ0v) is 20.9. The normalized spacial score (nSPS) is 11.4. The second-order valence-electron chi connectivity index (χ2n) is 8.44. The molecule has 0 N–H and O–H groups in total. The number of aryl methyl sites for hydroxylation is 1. The number of imidazole rings is 1. The Bertz CT molecular complexity index is 1240. The third-order valence-electron chi connectivity index (χ3n) is 5.44. The van der Waals surface area contributed by atoms with Gasteiger partial charge in [0.05, 0.1) is 31.3 Å². The van der Waals surface area contributed by atoms with Gasteiger partial charge in [0.1, 0.15) is 5.75 Å². The lowest BCUT2D eigenvalue weighted by Crippen LogP contribution is -2.32. The average molecular weight is 482 g/mol. The maximum Gasteiger partial charge on any atom is 0.254 e. The Kier molecular flexibility index (Phi) is 7.94. The molecule has 0 fully saturated rings. The summed E-state index contributed by atoms with van der Waals surface area (Å²) in [5.41, 5.74) is 2.91. The number of rotatable bonds is 10. The zero-order valence-electron chi connectivity index (χ0n) is 20.1. The van der Waals surface area contributed by atoms with Crippen LogP contribution in [0.1, 0.15) is 47.1 Å². The Labute approximate surface area is 201 Å². The molecule has 0 saturated heterocycles. The van der Waals surface area contributed by atoms with Crippen LogP contribution in [-0.4, -0.2) is 42.4 Å². The van der Waals surface area contributed by atoms with Crippen LogP contribution in [0.5, 0.6) is 5.75 Å². The number of nitrogens with zero attached hydrogens (tertiary/aromatic N) is 3. The number of ether oxygens (including phenoxy) is 1. The predicted molar refractivity (Wildman–Crippen MR) is 133 cm³/mol. The minimum Gasteiger partial charge on any atom is -0.497 e. The number of benzene rings is 2. The van der Waals surface area contributed by atoms with Crippen molar-refractivity contribution < 1.29 is 17.9 Å². The van der Waals surface area contributed by atoms with Gasteiger partial charge in [0.15, 0.2) is 0 Å². The summed E-state index contributed by atoms with van der Waals surface area (Å²) in [5.74, 6) is 0.327. The van der Waals surface area contributed by atoms with Crippen LogP contribution in [0.15, 0.2) is 72.5 Å². The van der Waals surface area contributed by atoms with Crippen LogP contribution in [0.2, 0.25) is 0 Å². The third kappa shape index (κ3) is 5.75. The van der Waals surface area contributed by atoms with Crippen molar-refractivity contribution in [2.75, 3.05) is 13.7 Å². The smallest absolute Gasteiger partial charge is 0.254 e. The molecule has 1 amide bonds. The van der Waals surface area contributed by atoms with Crippen LogP contribution in [0.3, 0.4) is 0 Å². The highest BCUT2D eigenvalue weighted by molar-refractivity contribution is 7.90. The molecule has 7 nitrogen and oxygen atoms in total. The fourth-order valence-corrected chi connectivity index (χ4v) is 5.33. The summed E-state index contributed by atoms with van der Waals surface area (Å²) < 4.78 is 33.4. The van der Waals surface area contributed by atoms with Gasteiger partial charge in [-0.25, -0.2) is 13.4 Å². The van der Waals surface area contributed by atoms with Gasteiger partial charge in [0.25, 0.3) is 5.91 Å². The molecular formula is C26H31N3O4S. The molecule has 1 heterocycles. The molecule has 34 heavy (non-hydrogen) atoms. The van der Waals surface area contributed by atoms with Gasteiger partial charge in [-0.15, -0.1) is 6.58 Å². The zero-order chi connectivity index (χ0) is 24.9. The molecule has 0 aliphatic heterocycles. The average Bonchev–Trinajstić information content (AvgIpc) is 3.25. The van der Waals surface area contributed by atoms with Crippen molar-refractivity contribution in [2.24, 2.45) is 0 Å². The van der Waals surface area contributed by atoms with E-state index in [2.05, 4.69) is 11.6 Å². The van der Waals surface area contributed by atoms with Crippen molar-refractivity contribution in [3.05, 3.63) is 89.8 Å². The number of hydrogen-bond acceptors (Lipinski definition) is 5. The van der Waals surface area contributed by atoms with Crippen LogP contribution in [0.4, 0.5) is 0 Å². The molecule has 1 aromatic heterocycles. The van der Waals surface area contributed by atoms with Gasteiger partial charge < -0.3 is 14.2 Å². The maximum atomic E-state index is 13.3. The van der Waals surface area contributed by atoms with E-state index in [0.29, 0.717) is 29.1 Å². The van der Waals surface area contributed by atoms with Gasteiger partial charge >= 0.3 is 0 Å². The van der Waals surface area contributed by atoms with E-state index in [1.807, 2.05) is 45.0 Å². The molecule has 0 aliphatic rings. The van der Waals surface area contributed by atoms with Gasteiger partial charge in [-0.05, 0) is 50.6 Å². The lowest BCUT2D eigenvalue weighted by Gasteiger charge is -2.23. The second kappa shape index (κ2) is 10.7. The Hall–Kier alpha value is -3.39. The van der Waals surface area contributed by atoms with Crippen LogP contribution in [-0.2, 0) is 22.1 Å². The predicted octanol–water partition coefficient (Wildman–Crippen LogP) is 4.58. The molecule has 8 heteroatoms. The van der Waals surface area contributed by atoms with Crippen LogP contribution < -0.4 is 4.74 Å². The van der Waals surface area contributed by atoms with Gasteiger partial charge in [-0.1, -0.05) is 35.9 Å². The second-order valence-corrected chi connectivity index (χ2v) is 10.3. The van der Waals surface area contributed by atoms with Gasteiger partial charge in [0.2, 0.25) is 15.0 Å². The summed E-state index contributed by atoms with van der Waals surface area (Å²) in [5, 5.41) is 0.00789. The van der Waals surface area contributed by atoms with Crippen molar-refractivity contribution in [2.45, 2.75) is 44.3 Å². The summed E-state index contributed by atoms with van der Waals surface area (Å²) in [6.07, 6.45) is 3.19. The first-order chi connectivity index (χ1) is 16.2. The van der Waals surface area contributed by atoms with Crippen LogP contribution in [0.25, 0.3) is 0 Å². The fraction of sp³-hybridized carbons (Fsp3) is 0.308. The summed E-state index contributed by atoms with van der Waals surface area (Å²) in [6.45, 7) is 10.0. The first kappa shape index (κ1) is 25.2. The molecule has 3 rings (SSSR count). The Morgan fingerprint density at radius 1 is 1.15 bits per heavy atom. The molecule has 3 aromatic rings. The van der Waals surface area contributed by atoms with E-state index >= 15 is 0 Å². The van der Waals surface area contributed by atoms with E-state index in [1.165, 1.54) is 0 Å². The number of methoxy groups -OCH3 is 1. The van der Waals surface area contributed by atoms with Crippen molar-refractivity contribution in [1.82, 2.24) is 14.5 Å². The molecule has 2 aromatic carbocycles. The largest absolute Gasteiger partial charge is 0.497 e. The molecule has 0 bridgehead atoms. The van der Waals surface area contributed by atoms with Gasteiger partial charge in [0, 0.05) is 18.2 Å². The van der Waals surface area contributed by atoms with Crippen molar-refractivity contribution in [3.8, 4) is 5.75 Å². The number of amides is 1. The lowest BCUT2D eigenvalue weighted by atomic mass is 10.2. The quantitative estimate of drug-likeness (QED) is 0.396. The van der Waals surface area contributed by atoms with E-state index < -0.39 is 9.84 Å². The molecule has 180 valence electrons. The van der Waals surface area contributed by atoms with Crippen molar-refractivity contribution >= 4 is 15.7 Å². The maximum absolute atomic E-state index is 13.3. The molecule has 0 spiro atoms. The van der Waals surface area contributed by atoms with Crippen molar-refractivity contribution in [3.63, 3.8) is 0 Å². The van der Waals surface area contributed by atoms with Crippen LogP contribution >= 0.6 is 0 Å². The topological polar surface area (TPSA) is 81.5 Å². The Morgan fingerprint density at radius 3 is 2.35 bits per heavy atom. The van der Waals surface area contributed by atoms with Gasteiger partial charge in [-0.3, -0.25) is 4.79 Å². The molecule has 0 radical (unpaired) electrons. The summed E-state index contributed by atoms with van der Waals surface area (Å²) in [7, 11) is -2.13. The fourth-order valence-electron chi connectivity index (χ4n) is 3.73. The number of aromatic nitrogens is 2. The summed E-state index contributed by atoms with van der Waals surface area (Å²) >= 11 is 0. The van der Waals surface area contributed by atoms with Crippen molar-refractivity contribution in [1.29, 1.82) is 0 Å². The SMILES string of the molecule is C=CCN(Cc1cnc(S(=O)(=O)Cc2ccc(C)cc2)n1C(C)C)C(=O)c1ccc(OC)cc1. The highest BCUT2D eigenvalue weighted by atomic mass is 32.2. The van der Waals surface area contributed by atoms with E-state index in [-0.39, 0.29) is 29.4 Å². The number of carbonyl (C=O) groups excluding carboxylic acids is 1. The minimum absolute atomic E-state index is 0.00789. The molecule has 0 unspecified atom stereocenters. The van der Waals surface area contributed by atoms with Crippen LogP contribution in [0, 0.1) is 6.92 Å². The highest BCUT2D eigenvalue weighted by Gasteiger charge is 2.27. The van der Waals surface area contributed by atoms with E-state index in [0.717, 1.165) is 5.56 Å². The molecule has 0 atom stereocenters. The number of sulfone groups is 1.